The van der Waals surface area contributed by atoms with Crippen molar-refractivity contribution in [3.05, 3.63) is 18.2 Å². The van der Waals surface area contributed by atoms with Crippen molar-refractivity contribution in [1.82, 2.24) is 0 Å². The normalized spacial score (nSPS) is 13.3. The minimum absolute atomic E-state index is 0.0688. The first-order valence-corrected chi connectivity index (χ1v) is 6.59. The SMILES string of the molecule is COCN1C(=O)COc2ccc(NC(=O)CCC(=O)O)cc21. The number of aliphatic carboxylic acids is 1. The van der Waals surface area contributed by atoms with E-state index in [4.69, 9.17) is 14.6 Å². The highest BCUT2D eigenvalue weighted by molar-refractivity contribution is 5.99. The van der Waals surface area contributed by atoms with E-state index in [9.17, 15) is 14.4 Å². The smallest absolute Gasteiger partial charge is 0.303 e. The summed E-state index contributed by atoms with van der Waals surface area (Å²) in [5.41, 5.74) is 0.947. The van der Waals surface area contributed by atoms with Crippen molar-refractivity contribution in [2.45, 2.75) is 12.8 Å². The molecule has 0 saturated heterocycles. The number of carboxylic acid groups (broad SMARTS) is 1. The number of amides is 2. The van der Waals surface area contributed by atoms with Crippen molar-refractivity contribution < 1.29 is 29.0 Å². The molecule has 0 atom stereocenters. The van der Waals surface area contributed by atoms with Gasteiger partial charge in [-0.1, -0.05) is 0 Å². The van der Waals surface area contributed by atoms with Crippen LogP contribution in [0.1, 0.15) is 12.8 Å². The van der Waals surface area contributed by atoms with E-state index in [1.807, 2.05) is 0 Å². The Labute approximate surface area is 126 Å². The van der Waals surface area contributed by atoms with Gasteiger partial charge in [-0.2, -0.15) is 0 Å². The van der Waals surface area contributed by atoms with Gasteiger partial charge in [0, 0.05) is 19.2 Å². The number of nitrogens with zero attached hydrogens (tertiary/aromatic N) is 1. The molecule has 0 saturated carbocycles. The Bertz CT molecular complexity index is 601. The first-order valence-electron chi connectivity index (χ1n) is 6.59. The molecule has 0 aliphatic carbocycles. The quantitative estimate of drug-likeness (QED) is 0.806. The molecule has 2 rings (SSSR count). The number of fused-ring (bicyclic) bond motifs is 1. The largest absolute Gasteiger partial charge is 0.482 e. The van der Waals surface area contributed by atoms with Gasteiger partial charge in [-0.3, -0.25) is 19.3 Å². The predicted molar refractivity (Wildman–Crippen MR) is 76.8 cm³/mol. The molecule has 0 bridgehead atoms. The fraction of sp³-hybridized carbons (Fsp3) is 0.357. The van der Waals surface area contributed by atoms with E-state index in [2.05, 4.69) is 5.32 Å². The molecule has 1 aromatic rings. The van der Waals surface area contributed by atoms with Crippen LogP contribution in [-0.2, 0) is 19.1 Å². The summed E-state index contributed by atoms with van der Waals surface area (Å²) in [4.78, 5) is 35.3. The van der Waals surface area contributed by atoms with Crippen LogP contribution in [0, 0.1) is 0 Å². The number of carbonyl (C=O) groups is 3. The molecular weight excluding hydrogens is 292 g/mol. The van der Waals surface area contributed by atoms with Crippen LogP contribution in [0.5, 0.6) is 5.75 Å². The van der Waals surface area contributed by atoms with Crippen molar-refractivity contribution in [2.75, 3.05) is 30.7 Å². The number of ether oxygens (including phenoxy) is 2. The van der Waals surface area contributed by atoms with Crippen molar-refractivity contribution in [3.8, 4) is 5.75 Å². The van der Waals surface area contributed by atoms with E-state index >= 15 is 0 Å². The number of hydrogen-bond donors (Lipinski definition) is 2. The monoisotopic (exact) mass is 308 g/mol. The second kappa shape index (κ2) is 6.90. The lowest BCUT2D eigenvalue weighted by Crippen LogP contribution is -2.40. The number of rotatable bonds is 6. The van der Waals surface area contributed by atoms with Gasteiger partial charge in [0.15, 0.2) is 6.61 Å². The number of methoxy groups -OCH3 is 1. The topological polar surface area (TPSA) is 105 Å². The molecule has 1 aliphatic rings. The van der Waals surface area contributed by atoms with Gasteiger partial charge >= 0.3 is 5.97 Å². The molecule has 0 unspecified atom stereocenters. The Morgan fingerprint density at radius 1 is 1.41 bits per heavy atom. The molecule has 2 N–H and O–H groups in total. The Balaban J connectivity index is 2.14. The van der Waals surface area contributed by atoms with Crippen LogP contribution < -0.4 is 15.0 Å². The summed E-state index contributed by atoms with van der Waals surface area (Å²) < 4.78 is 10.3. The zero-order chi connectivity index (χ0) is 16.1. The van der Waals surface area contributed by atoms with Gasteiger partial charge in [-0.05, 0) is 18.2 Å². The van der Waals surface area contributed by atoms with E-state index in [1.165, 1.54) is 12.0 Å². The first-order chi connectivity index (χ1) is 10.5. The summed E-state index contributed by atoms with van der Waals surface area (Å²) in [5, 5.41) is 11.1. The maximum Gasteiger partial charge on any atom is 0.303 e. The van der Waals surface area contributed by atoms with Crippen molar-refractivity contribution >= 4 is 29.2 Å². The zero-order valence-corrected chi connectivity index (χ0v) is 12.0. The third kappa shape index (κ3) is 3.73. The third-order valence-corrected chi connectivity index (χ3v) is 3.01. The molecule has 1 heterocycles. The molecule has 22 heavy (non-hydrogen) atoms. The van der Waals surface area contributed by atoms with Gasteiger partial charge in [0.2, 0.25) is 5.91 Å². The molecule has 0 spiro atoms. The summed E-state index contributed by atoms with van der Waals surface area (Å²) in [6.45, 7) is 0.00623. The molecule has 1 aromatic carbocycles. The van der Waals surface area contributed by atoms with Crippen LogP contribution in [0.2, 0.25) is 0 Å². The molecular formula is C14H16N2O6. The van der Waals surface area contributed by atoms with Gasteiger partial charge in [-0.15, -0.1) is 0 Å². The summed E-state index contributed by atoms with van der Waals surface area (Å²) in [6, 6.07) is 4.85. The number of anilines is 2. The molecule has 8 heteroatoms. The third-order valence-electron chi connectivity index (χ3n) is 3.01. The number of hydrogen-bond acceptors (Lipinski definition) is 5. The molecule has 0 aromatic heterocycles. The Kier molecular flexibility index (Phi) is 4.95. The standard InChI is InChI=1S/C14H16N2O6/c1-21-8-16-10-6-9(15-12(17)4-5-14(19)20)2-3-11(10)22-7-13(16)18/h2-3,6H,4-5,7-8H2,1H3,(H,15,17)(H,19,20). The highest BCUT2D eigenvalue weighted by Crippen LogP contribution is 2.34. The molecule has 0 fully saturated rings. The van der Waals surface area contributed by atoms with E-state index in [0.717, 1.165) is 0 Å². The van der Waals surface area contributed by atoms with Gasteiger partial charge in [0.05, 0.1) is 12.1 Å². The molecule has 1 aliphatic heterocycles. The zero-order valence-electron chi connectivity index (χ0n) is 12.0. The predicted octanol–water partition coefficient (Wildman–Crippen LogP) is 0.819. The van der Waals surface area contributed by atoms with Crippen LogP contribution in [0.3, 0.4) is 0 Å². The van der Waals surface area contributed by atoms with Gasteiger partial charge in [0.25, 0.3) is 5.91 Å². The highest BCUT2D eigenvalue weighted by atomic mass is 16.5. The summed E-state index contributed by atoms with van der Waals surface area (Å²) >= 11 is 0. The van der Waals surface area contributed by atoms with Crippen LogP contribution in [0.15, 0.2) is 18.2 Å². The maximum atomic E-state index is 11.8. The lowest BCUT2D eigenvalue weighted by Gasteiger charge is -2.29. The van der Waals surface area contributed by atoms with Crippen LogP contribution >= 0.6 is 0 Å². The lowest BCUT2D eigenvalue weighted by atomic mass is 10.2. The lowest BCUT2D eigenvalue weighted by molar-refractivity contribution is -0.138. The minimum Gasteiger partial charge on any atom is -0.482 e. The van der Waals surface area contributed by atoms with Crippen LogP contribution in [-0.4, -0.2) is 43.3 Å². The fourth-order valence-electron chi connectivity index (χ4n) is 1.99. The van der Waals surface area contributed by atoms with Crippen molar-refractivity contribution in [1.29, 1.82) is 0 Å². The summed E-state index contributed by atoms with van der Waals surface area (Å²) in [6.07, 6.45) is -0.363. The van der Waals surface area contributed by atoms with E-state index < -0.39 is 11.9 Å². The number of nitrogens with one attached hydrogen (secondary N) is 1. The summed E-state index contributed by atoms with van der Waals surface area (Å²) in [7, 11) is 1.47. The van der Waals surface area contributed by atoms with E-state index in [-0.39, 0.29) is 32.1 Å². The maximum absolute atomic E-state index is 11.8. The molecule has 2 amide bonds. The molecule has 118 valence electrons. The fourth-order valence-corrected chi connectivity index (χ4v) is 1.99. The second-order valence-corrected chi connectivity index (χ2v) is 4.65. The Morgan fingerprint density at radius 3 is 2.86 bits per heavy atom. The number of benzene rings is 1. The molecule has 0 radical (unpaired) electrons. The number of carbonyl (C=O) groups excluding carboxylic acids is 2. The van der Waals surface area contributed by atoms with Crippen molar-refractivity contribution in [2.24, 2.45) is 0 Å². The van der Waals surface area contributed by atoms with Crippen LogP contribution in [0.25, 0.3) is 0 Å². The average Bonchev–Trinajstić information content (AvgIpc) is 2.48. The summed E-state index contributed by atoms with van der Waals surface area (Å²) in [5.74, 6) is -1.18. The van der Waals surface area contributed by atoms with E-state index in [1.54, 1.807) is 18.2 Å². The van der Waals surface area contributed by atoms with Gasteiger partial charge in [-0.25, -0.2) is 0 Å². The van der Waals surface area contributed by atoms with Gasteiger partial charge < -0.3 is 19.9 Å². The van der Waals surface area contributed by atoms with Crippen LogP contribution in [0.4, 0.5) is 11.4 Å². The van der Waals surface area contributed by atoms with Crippen molar-refractivity contribution in [3.63, 3.8) is 0 Å². The van der Waals surface area contributed by atoms with E-state index in [0.29, 0.717) is 17.1 Å². The Morgan fingerprint density at radius 2 is 2.18 bits per heavy atom. The second-order valence-electron chi connectivity index (χ2n) is 4.65. The first kappa shape index (κ1) is 15.8. The van der Waals surface area contributed by atoms with Gasteiger partial charge in [0.1, 0.15) is 12.5 Å². The number of carboxylic acids is 1. The highest BCUT2D eigenvalue weighted by Gasteiger charge is 2.25. The average molecular weight is 308 g/mol. The Hall–Kier alpha value is -2.61. The molecule has 8 nitrogen and oxygen atoms in total. The minimum atomic E-state index is -1.04.